The highest BCUT2D eigenvalue weighted by Crippen LogP contribution is 2.74. The van der Waals surface area contributed by atoms with Gasteiger partial charge in [0.1, 0.15) is 5.78 Å². The zero-order valence-corrected chi connectivity index (χ0v) is 11.1. The zero-order valence-electron chi connectivity index (χ0n) is 11.1. The highest BCUT2D eigenvalue weighted by Gasteiger charge is 2.69. The molecule has 1 unspecified atom stereocenters. The number of hydrogen-bond acceptors (Lipinski definition) is 1. The van der Waals surface area contributed by atoms with Crippen molar-refractivity contribution in [2.75, 3.05) is 0 Å². The van der Waals surface area contributed by atoms with E-state index in [0.29, 0.717) is 22.5 Å². The SMILES string of the molecule is CC1(C)C2C(=O)CCC(C)(C)[C@]23CC[C@@H]1C3. The largest absolute Gasteiger partial charge is 0.299 e. The molecule has 0 aliphatic heterocycles. The van der Waals surface area contributed by atoms with Crippen LogP contribution in [0.2, 0.25) is 0 Å². The van der Waals surface area contributed by atoms with E-state index < -0.39 is 0 Å². The molecule has 3 rings (SSSR count). The molecule has 16 heavy (non-hydrogen) atoms. The summed E-state index contributed by atoms with van der Waals surface area (Å²) in [5.41, 5.74) is 1.01. The van der Waals surface area contributed by atoms with E-state index >= 15 is 0 Å². The molecule has 90 valence electrons. The van der Waals surface area contributed by atoms with Gasteiger partial charge in [-0.15, -0.1) is 0 Å². The number of carbonyl (C=O) groups excluding carboxylic acids is 1. The number of hydrogen-bond donors (Lipinski definition) is 0. The van der Waals surface area contributed by atoms with E-state index in [9.17, 15) is 4.79 Å². The number of Topliss-reactive ketones (excluding diaryl/α,β-unsaturated/α-hetero) is 1. The molecule has 1 heteroatoms. The number of fused-ring (bicyclic) bond motifs is 1. The molecular weight excluding hydrogens is 196 g/mol. The highest BCUT2D eigenvalue weighted by atomic mass is 16.1. The number of ketones is 1. The standard InChI is InChI=1S/C15H24O/c1-13(2)7-6-11(16)12-14(3,4)10-5-8-15(12,13)9-10/h10,12H,5-9H2,1-4H3/t10-,12?,15+/m1/s1. The van der Waals surface area contributed by atoms with E-state index in [-0.39, 0.29) is 5.41 Å². The van der Waals surface area contributed by atoms with Gasteiger partial charge in [0.25, 0.3) is 0 Å². The van der Waals surface area contributed by atoms with Gasteiger partial charge in [-0.25, -0.2) is 0 Å². The van der Waals surface area contributed by atoms with Crippen LogP contribution in [0.15, 0.2) is 0 Å². The lowest BCUT2D eigenvalue weighted by Crippen LogP contribution is -2.52. The molecule has 0 N–H and O–H groups in total. The van der Waals surface area contributed by atoms with Gasteiger partial charge in [-0.1, -0.05) is 27.7 Å². The molecule has 3 saturated carbocycles. The lowest BCUT2D eigenvalue weighted by atomic mass is 9.49. The summed E-state index contributed by atoms with van der Waals surface area (Å²) in [7, 11) is 0. The first-order valence-electron chi connectivity index (χ1n) is 6.84. The molecule has 0 heterocycles. The Bertz CT molecular complexity index is 352. The van der Waals surface area contributed by atoms with Gasteiger partial charge in [0.15, 0.2) is 0 Å². The quantitative estimate of drug-likeness (QED) is 0.606. The van der Waals surface area contributed by atoms with Crippen LogP contribution in [0, 0.1) is 28.1 Å². The predicted octanol–water partition coefficient (Wildman–Crippen LogP) is 3.82. The van der Waals surface area contributed by atoms with Gasteiger partial charge in [0.2, 0.25) is 0 Å². The highest BCUT2D eigenvalue weighted by molar-refractivity contribution is 5.84. The minimum atomic E-state index is 0.271. The van der Waals surface area contributed by atoms with Crippen LogP contribution in [-0.4, -0.2) is 5.78 Å². The third-order valence-electron chi connectivity index (χ3n) is 6.56. The molecule has 3 fully saturated rings. The Balaban J connectivity index is 2.14. The summed E-state index contributed by atoms with van der Waals surface area (Å²) in [6, 6.07) is 0. The van der Waals surface area contributed by atoms with Crippen molar-refractivity contribution in [1.82, 2.24) is 0 Å². The van der Waals surface area contributed by atoms with Gasteiger partial charge in [-0.3, -0.25) is 4.79 Å². The van der Waals surface area contributed by atoms with Crippen LogP contribution in [-0.2, 0) is 4.79 Å². The van der Waals surface area contributed by atoms with Crippen LogP contribution < -0.4 is 0 Å². The first kappa shape index (κ1) is 10.8. The first-order valence-corrected chi connectivity index (χ1v) is 6.84. The lowest BCUT2D eigenvalue weighted by Gasteiger charge is -2.54. The molecular formula is C15H24O. The smallest absolute Gasteiger partial charge is 0.137 e. The van der Waals surface area contributed by atoms with Crippen molar-refractivity contribution in [2.45, 2.75) is 59.8 Å². The van der Waals surface area contributed by atoms with Crippen molar-refractivity contribution in [3.63, 3.8) is 0 Å². The molecule has 3 aliphatic carbocycles. The summed E-state index contributed by atoms with van der Waals surface area (Å²) >= 11 is 0. The second-order valence-electron chi connectivity index (χ2n) is 7.70. The molecule has 3 aliphatic rings. The van der Waals surface area contributed by atoms with E-state index in [1.165, 1.54) is 19.3 Å². The number of rotatable bonds is 0. The molecule has 1 spiro atoms. The summed E-state index contributed by atoms with van der Waals surface area (Å²) in [4.78, 5) is 12.4. The monoisotopic (exact) mass is 220 g/mol. The fourth-order valence-corrected chi connectivity index (χ4v) is 5.48. The molecule has 2 bridgehead atoms. The second kappa shape index (κ2) is 2.73. The maximum Gasteiger partial charge on any atom is 0.137 e. The Kier molecular flexibility index (Phi) is 1.85. The molecule has 0 aromatic heterocycles. The van der Waals surface area contributed by atoms with E-state index in [1.807, 2.05) is 0 Å². The Morgan fingerprint density at radius 3 is 2.44 bits per heavy atom. The van der Waals surface area contributed by atoms with E-state index in [0.717, 1.165) is 18.8 Å². The molecule has 1 nitrogen and oxygen atoms in total. The Morgan fingerprint density at radius 1 is 1.12 bits per heavy atom. The van der Waals surface area contributed by atoms with Crippen molar-refractivity contribution in [2.24, 2.45) is 28.1 Å². The van der Waals surface area contributed by atoms with Crippen molar-refractivity contribution >= 4 is 5.78 Å². The average molecular weight is 220 g/mol. The van der Waals surface area contributed by atoms with Crippen LogP contribution in [0.3, 0.4) is 0 Å². The van der Waals surface area contributed by atoms with Crippen LogP contribution in [0.4, 0.5) is 0 Å². The maximum absolute atomic E-state index is 12.4. The van der Waals surface area contributed by atoms with Gasteiger partial charge in [0, 0.05) is 12.3 Å². The van der Waals surface area contributed by atoms with Crippen molar-refractivity contribution in [1.29, 1.82) is 0 Å². The molecule has 0 aromatic rings. The maximum atomic E-state index is 12.4. The Labute approximate surface area is 99.0 Å². The van der Waals surface area contributed by atoms with Crippen molar-refractivity contribution in [3.8, 4) is 0 Å². The molecule has 0 aromatic carbocycles. The summed E-state index contributed by atoms with van der Waals surface area (Å²) in [6.07, 6.45) is 5.94. The molecule has 0 saturated heterocycles. The topological polar surface area (TPSA) is 17.1 Å². The first-order chi connectivity index (χ1) is 7.31. The number of carbonyl (C=O) groups is 1. The van der Waals surface area contributed by atoms with E-state index in [1.54, 1.807) is 0 Å². The molecule has 3 atom stereocenters. The third kappa shape index (κ3) is 0.966. The summed E-state index contributed by atoms with van der Waals surface area (Å²) in [5.74, 6) is 1.74. The predicted molar refractivity (Wildman–Crippen MR) is 65.1 cm³/mol. The molecule has 0 amide bonds. The minimum absolute atomic E-state index is 0.271. The van der Waals surface area contributed by atoms with E-state index in [2.05, 4.69) is 27.7 Å². The summed E-state index contributed by atoms with van der Waals surface area (Å²) in [5, 5.41) is 0. The van der Waals surface area contributed by atoms with Gasteiger partial charge >= 0.3 is 0 Å². The Hall–Kier alpha value is -0.330. The average Bonchev–Trinajstić information content (AvgIpc) is 2.67. The fraction of sp³-hybridized carbons (Fsp3) is 0.933. The Morgan fingerprint density at radius 2 is 1.81 bits per heavy atom. The van der Waals surface area contributed by atoms with Gasteiger partial charge in [0.05, 0.1) is 0 Å². The minimum Gasteiger partial charge on any atom is -0.299 e. The van der Waals surface area contributed by atoms with Gasteiger partial charge < -0.3 is 0 Å². The third-order valence-corrected chi connectivity index (χ3v) is 6.56. The summed E-state index contributed by atoms with van der Waals surface area (Å²) < 4.78 is 0. The molecule has 0 radical (unpaired) electrons. The van der Waals surface area contributed by atoms with Crippen LogP contribution in [0.1, 0.15) is 59.8 Å². The van der Waals surface area contributed by atoms with Gasteiger partial charge in [-0.2, -0.15) is 0 Å². The summed E-state index contributed by atoms with van der Waals surface area (Å²) in [6.45, 7) is 9.53. The van der Waals surface area contributed by atoms with Crippen LogP contribution in [0.25, 0.3) is 0 Å². The van der Waals surface area contributed by atoms with E-state index in [4.69, 9.17) is 0 Å². The zero-order chi connectivity index (χ0) is 11.8. The normalized spacial score (nSPS) is 48.1. The van der Waals surface area contributed by atoms with Gasteiger partial charge in [-0.05, 0) is 47.8 Å². The van der Waals surface area contributed by atoms with Crippen molar-refractivity contribution < 1.29 is 4.79 Å². The van der Waals surface area contributed by atoms with Crippen molar-refractivity contribution in [3.05, 3.63) is 0 Å². The second-order valence-corrected chi connectivity index (χ2v) is 7.70. The lowest BCUT2D eigenvalue weighted by molar-refractivity contribution is -0.146. The fourth-order valence-electron chi connectivity index (χ4n) is 5.48. The van der Waals surface area contributed by atoms with Crippen LogP contribution in [0.5, 0.6) is 0 Å². The van der Waals surface area contributed by atoms with Crippen LogP contribution >= 0.6 is 0 Å².